The molecular formula is C20H19N7O4. The number of ether oxygens (including phenoxy) is 3. The summed E-state index contributed by atoms with van der Waals surface area (Å²) in [6.07, 6.45) is 4.36. The average Bonchev–Trinajstić information content (AvgIpc) is 3.25. The number of rotatable bonds is 8. The van der Waals surface area contributed by atoms with Gasteiger partial charge < -0.3 is 19.5 Å². The molecule has 0 saturated heterocycles. The summed E-state index contributed by atoms with van der Waals surface area (Å²) >= 11 is 0. The number of benzene rings is 1. The van der Waals surface area contributed by atoms with E-state index in [-0.39, 0.29) is 24.8 Å². The number of amides is 1. The second-order valence-electron chi connectivity index (χ2n) is 6.23. The standard InChI is InChI=1S/C20H19N7O4/c1-29-15-4-3-13(11-16(15)30-2)19-25-24-17-5-6-18(26-27(17)19)31-10-9-23-20(28)14-12-21-7-8-22-14/h3-8,11-12H,9-10H2,1-2H3,(H,23,28). The fourth-order valence-electron chi connectivity index (χ4n) is 2.83. The van der Waals surface area contributed by atoms with Crippen LogP contribution in [0.1, 0.15) is 10.5 Å². The highest BCUT2D eigenvalue weighted by atomic mass is 16.5. The van der Waals surface area contributed by atoms with Crippen LogP contribution in [0.4, 0.5) is 0 Å². The van der Waals surface area contributed by atoms with Crippen LogP contribution in [0, 0.1) is 0 Å². The molecule has 0 bridgehead atoms. The van der Waals surface area contributed by atoms with Gasteiger partial charge >= 0.3 is 0 Å². The third kappa shape index (κ3) is 4.34. The van der Waals surface area contributed by atoms with Crippen molar-refractivity contribution in [2.24, 2.45) is 0 Å². The molecule has 11 nitrogen and oxygen atoms in total. The van der Waals surface area contributed by atoms with E-state index in [1.54, 1.807) is 43.0 Å². The van der Waals surface area contributed by atoms with Gasteiger partial charge in [-0.25, -0.2) is 4.98 Å². The Kier molecular flexibility index (Phi) is 5.83. The Hall–Kier alpha value is -4.28. The summed E-state index contributed by atoms with van der Waals surface area (Å²) in [6.45, 7) is 0.498. The molecule has 1 aromatic carbocycles. The molecule has 0 fully saturated rings. The molecular weight excluding hydrogens is 402 g/mol. The minimum atomic E-state index is -0.324. The molecule has 4 rings (SSSR count). The molecule has 3 heterocycles. The van der Waals surface area contributed by atoms with Crippen LogP contribution in [0.3, 0.4) is 0 Å². The molecule has 0 unspecified atom stereocenters. The van der Waals surface area contributed by atoms with E-state index in [1.807, 2.05) is 6.07 Å². The monoisotopic (exact) mass is 421 g/mol. The van der Waals surface area contributed by atoms with Crippen LogP contribution in [0.2, 0.25) is 0 Å². The van der Waals surface area contributed by atoms with E-state index < -0.39 is 0 Å². The molecule has 0 radical (unpaired) electrons. The van der Waals surface area contributed by atoms with Gasteiger partial charge in [-0.1, -0.05) is 0 Å². The summed E-state index contributed by atoms with van der Waals surface area (Å²) in [4.78, 5) is 19.8. The van der Waals surface area contributed by atoms with Crippen LogP contribution >= 0.6 is 0 Å². The number of hydrogen-bond acceptors (Lipinski definition) is 9. The van der Waals surface area contributed by atoms with Crippen molar-refractivity contribution in [3.05, 3.63) is 54.6 Å². The first-order valence-corrected chi connectivity index (χ1v) is 9.31. The first kappa shape index (κ1) is 20.0. The Labute approximate surface area is 177 Å². The molecule has 0 aliphatic carbocycles. The van der Waals surface area contributed by atoms with Crippen LogP contribution in [0.25, 0.3) is 17.0 Å². The number of nitrogens with zero attached hydrogens (tertiary/aromatic N) is 6. The van der Waals surface area contributed by atoms with Gasteiger partial charge in [0.2, 0.25) is 5.88 Å². The zero-order valence-electron chi connectivity index (χ0n) is 16.8. The molecule has 0 atom stereocenters. The number of carbonyl (C=O) groups excluding carboxylic acids is 1. The topological polar surface area (TPSA) is 126 Å². The molecule has 0 aliphatic heterocycles. The van der Waals surface area contributed by atoms with Crippen LogP contribution in [-0.4, -0.2) is 63.1 Å². The van der Waals surface area contributed by atoms with Crippen LogP contribution in [-0.2, 0) is 0 Å². The Morgan fingerprint density at radius 1 is 1.06 bits per heavy atom. The third-order valence-corrected chi connectivity index (χ3v) is 4.31. The molecule has 31 heavy (non-hydrogen) atoms. The Bertz CT molecular complexity index is 1200. The molecule has 0 aliphatic rings. The molecule has 3 aromatic heterocycles. The summed E-state index contributed by atoms with van der Waals surface area (Å²) in [5.41, 5.74) is 1.56. The maximum absolute atomic E-state index is 12.0. The number of carbonyl (C=O) groups is 1. The van der Waals surface area contributed by atoms with Crippen molar-refractivity contribution in [2.45, 2.75) is 0 Å². The zero-order chi connectivity index (χ0) is 21.6. The SMILES string of the molecule is COc1ccc(-c2nnc3ccc(OCCNC(=O)c4cnccn4)nn23)cc1OC. The van der Waals surface area contributed by atoms with E-state index in [0.717, 1.165) is 5.56 Å². The van der Waals surface area contributed by atoms with Crippen molar-refractivity contribution < 1.29 is 19.0 Å². The van der Waals surface area contributed by atoms with Gasteiger partial charge in [-0.2, -0.15) is 4.52 Å². The Morgan fingerprint density at radius 2 is 1.94 bits per heavy atom. The number of hydrogen-bond donors (Lipinski definition) is 1. The molecule has 0 saturated carbocycles. The number of aromatic nitrogens is 6. The van der Waals surface area contributed by atoms with Gasteiger partial charge in [0.1, 0.15) is 12.3 Å². The first-order chi connectivity index (χ1) is 15.2. The van der Waals surface area contributed by atoms with Crippen LogP contribution in [0.15, 0.2) is 48.9 Å². The van der Waals surface area contributed by atoms with Gasteiger partial charge in [-0.05, 0) is 24.3 Å². The fourth-order valence-corrected chi connectivity index (χ4v) is 2.83. The number of methoxy groups -OCH3 is 2. The largest absolute Gasteiger partial charge is 0.493 e. The highest BCUT2D eigenvalue weighted by Crippen LogP contribution is 2.31. The van der Waals surface area contributed by atoms with E-state index in [2.05, 4.69) is 30.6 Å². The highest BCUT2D eigenvalue weighted by Gasteiger charge is 2.14. The Balaban J connectivity index is 1.45. The molecule has 1 N–H and O–H groups in total. The summed E-state index contributed by atoms with van der Waals surface area (Å²) in [5.74, 6) is 1.75. The maximum Gasteiger partial charge on any atom is 0.271 e. The van der Waals surface area contributed by atoms with Crippen molar-refractivity contribution >= 4 is 11.6 Å². The molecule has 0 spiro atoms. The van der Waals surface area contributed by atoms with Gasteiger partial charge in [-0.15, -0.1) is 15.3 Å². The van der Waals surface area contributed by atoms with Crippen molar-refractivity contribution in [3.63, 3.8) is 0 Å². The third-order valence-electron chi connectivity index (χ3n) is 4.31. The van der Waals surface area contributed by atoms with E-state index >= 15 is 0 Å². The first-order valence-electron chi connectivity index (χ1n) is 9.31. The molecule has 4 aromatic rings. The number of nitrogens with one attached hydrogen (secondary N) is 1. The lowest BCUT2D eigenvalue weighted by atomic mass is 10.2. The highest BCUT2D eigenvalue weighted by molar-refractivity contribution is 5.91. The molecule has 1 amide bonds. The van der Waals surface area contributed by atoms with Gasteiger partial charge in [0.25, 0.3) is 5.91 Å². The van der Waals surface area contributed by atoms with E-state index in [4.69, 9.17) is 14.2 Å². The normalized spacial score (nSPS) is 10.6. The minimum Gasteiger partial charge on any atom is -0.493 e. The van der Waals surface area contributed by atoms with Crippen LogP contribution in [0.5, 0.6) is 17.4 Å². The van der Waals surface area contributed by atoms with Crippen molar-refractivity contribution in [3.8, 4) is 28.8 Å². The summed E-state index contributed by atoms with van der Waals surface area (Å²) < 4.78 is 17.9. The predicted molar refractivity (Wildman–Crippen MR) is 109 cm³/mol. The lowest BCUT2D eigenvalue weighted by Gasteiger charge is -2.09. The molecule has 11 heteroatoms. The van der Waals surface area contributed by atoms with E-state index in [9.17, 15) is 4.79 Å². The zero-order valence-corrected chi connectivity index (χ0v) is 16.8. The van der Waals surface area contributed by atoms with Crippen LogP contribution < -0.4 is 19.5 Å². The quantitative estimate of drug-likeness (QED) is 0.420. The fraction of sp³-hybridized carbons (Fsp3) is 0.200. The average molecular weight is 421 g/mol. The van der Waals surface area contributed by atoms with Gasteiger partial charge in [0.15, 0.2) is 23.0 Å². The van der Waals surface area contributed by atoms with Crippen molar-refractivity contribution in [1.82, 2.24) is 35.1 Å². The van der Waals surface area contributed by atoms with Gasteiger partial charge in [-0.3, -0.25) is 9.78 Å². The lowest BCUT2D eigenvalue weighted by Crippen LogP contribution is -2.29. The van der Waals surface area contributed by atoms with Gasteiger partial charge in [0.05, 0.1) is 27.0 Å². The van der Waals surface area contributed by atoms with Gasteiger partial charge in [0, 0.05) is 24.0 Å². The van der Waals surface area contributed by atoms with Crippen molar-refractivity contribution in [1.29, 1.82) is 0 Å². The smallest absolute Gasteiger partial charge is 0.271 e. The second-order valence-corrected chi connectivity index (χ2v) is 6.23. The lowest BCUT2D eigenvalue weighted by molar-refractivity contribution is 0.0941. The minimum absolute atomic E-state index is 0.221. The van der Waals surface area contributed by atoms with E-state index in [1.165, 1.54) is 18.6 Å². The maximum atomic E-state index is 12.0. The number of fused-ring (bicyclic) bond motifs is 1. The predicted octanol–water partition coefficient (Wildman–Crippen LogP) is 1.41. The van der Waals surface area contributed by atoms with E-state index in [0.29, 0.717) is 28.9 Å². The second kappa shape index (κ2) is 9.03. The Morgan fingerprint density at radius 3 is 2.71 bits per heavy atom. The molecule has 158 valence electrons. The summed E-state index contributed by atoms with van der Waals surface area (Å²) in [7, 11) is 3.14. The van der Waals surface area contributed by atoms with Crippen molar-refractivity contribution in [2.75, 3.05) is 27.4 Å². The summed E-state index contributed by atoms with van der Waals surface area (Å²) in [5, 5.41) is 15.5. The summed E-state index contributed by atoms with van der Waals surface area (Å²) in [6, 6.07) is 8.86.